The molecule has 1 aliphatic rings. The third kappa shape index (κ3) is 2.14. The van der Waals surface area contributed by atoms with Crippen molar-refractivity contribution >= 4 is 5.69 Å². The molecule has 1 unspecified atom stereocenters. The Morgan fingerprint density at radius 1 is 1.38 bits per heavy atom. The lowest BCUT2D eigenvalue weighted by molar-refractivity contribution is 0.414. The van der Waals surface area contributed by atoms with Crippen LogP contribution in [-0.2, 0) is 0 Å². The Hall–Kier alpha value is -1.22. The fraction of sp³-hybridized carbons (Fsp3) is 0.538. The molecule has 88 valence electrons. The second kappa shape index (κ2) is 4.74. The van der Waals surface area contributed by atoms with Gasteiger partial charge in [-0.05, 0) is 42.6 Å². The van der Waals surface area contributed by atoms with Crippen LogP contribution in [0.25, 0.3) is 0 Å². The van der Waals surface area contributed by atoms with Crippen molar-refractivity contribution in [2.75, 3.05) is 39.2 Å². The molecule has 0 spiro atoms. The van der Waals surface area contributed by atoms with E-state index < -0.39 is 0 Å². The highest BCUT2D eigenvalue weighted by atomic mass is 16.5. The molecule has 0 amide bonds. The lowest BCUT2D eigenvalue weighted by Crippen LogP contribution is -2.15. The third-order valence-corrected chi connectivity index (χ3v) is 3.22. The Labute approximate surface area is 97.4 Å². The molecular formula is C13H20N2O. The quantitative estimate of drug-likeness (QED) is 0.841. The lowest BCUT2D eigenvalue weighted by atomic mass is 9.96. The van der Waals surface area contributed by atoms with Gasteiger partial charge in [0.05, 0.1) is 7.11 Å². The smallest absolute Gasteiger partial charge is 0.119 e. The fourth-order valence-corrected chi connectivity index (χ4v) is 2.31. The Balaban J connectivity index is 2.37. The zero-order valence-electron chi connectivity index (χ0n) is 10.3. The van der Waals surface area contributed by atoms with Gasteiger partial charge in [0.15, 0.2) is 0 Å². The molecule has 3 nitrogen and oxygen atoms in total. The number of nitrogens with one attached hydrogen (secondary N) is 1. The van der Waals surface area contributed by atoms with Crippen molar-refractivity contribution in [1.29, 1.82) is 0 Å². The summed E-state index contributed by atoms with van der Waals surface area (Å²) < 4.78 is 5.31. The molecule has 2 rings (SSSR count). The Bertz CT molecular complexity index is 357. The molecule has 1 aromatic carbocycles. The number of rotatable bonds is 3. The summed E-state index contributed by atoms with van der Waals surface area (Å²) in [6, 6.07) is 6.35. The number of anilines is 1. The van der Waals surface area contributed by atoms with Crippen LogP contribution in [0.5, 0.6) is 5.75 Å². The van der Waals surface area contributed by atoms with E-state index >= 15 is 0 Å². The van der Waals surface area contributed by atoms with E-state index in [4.69, 9.17) is 4.74 Å². The minimum atomic E-state index is 0.618. The molecule has 3 heteroatoms. The molecule has 0 saturated carbocycles. The van der Waals surface area contributed by atoms with E-state index in [-0.39, 0.29) is 0 Å². The van der Waals surface area contributed by atoms with Gasteiger partial charge in [0.2, 0.25) is 0 Å². The zero-order chi connectivity index (χ0) is 11.5. The van der Waals surface area contributed by atoms with Crippen LogP contribution in [0.3, 0.4) is 0 Å². The molecule has 16 heavy (non-hydrogen) atoms. The van der Waals surface area contributed by atoms with Crippen molar-refractivity contribution < 1.29 is 4.74 Å². The number of benzene rings is 1. The van der Waals surface area contributed by atoms with Crippen LogP contribution in [0, 0.1) is 0 Å². The Morgan fingerprint density at radius 2 is 2.19 bits per heavy atom. The first-order valence-electron chi connectivity index (χ1n) is 5.78. The summed E-state index contributed by atoms with van der Waals surface area (Å²) >= 11 is 0. The van der Waals surface area contributed by atoms with Gasteiger partial charge in [-0.2, -0.15) is 0 Å². The Morgan fingerprint density at radius 3 is 2.75 bits per heavy atom. The molecule has 0 aliphatic carbocycles. The SMILES string of the molecule is COc1ccc(N(C)C)c(C2CCNC2)c1. The molecule has 1 aromatic rings. The second-order valence-electron chi connectivity index (χ2n) is 4.51. The number of nitrogens with zero attached hydrogens (tertiary/aromatic N) is 1. The van der Waals surface area contributed by atoms with Gasteiger partial charge in [-0.15, -0.1) is 0 Å². The van der Waals surface area contributed by atoms with Gasteiger partial charge in [0.25, 0.3) is 0 Å². The van der Waals surface area contributed by atoms with Crippen molar-refractivity contribution in [2.24, 2.45) is 0 Å². The minimum absolute atomic E-state index is 0.618. The third-order valence-electron chi connectivity index (χ3n) is 3.22. The van der Waals surface area contributed by atoms with Crippen LogP contribution in [0.1, 0.15) is 17.9 Å². The molecule has 0 radical (unpaired) electrons. The van der Waals surface area contributed by atoms with Crippen LogP contribution in [0.4, 0.5) is 5.69 Å². The normalized spacial score (nSPS) is 19.8. The molecule has 0 bridgehead atoms. The largest absolute Gasteiger partial charge is 0.497 e. The van der Waals surface area contributed by atoms with Crippen molar-refractivity contribution in [1.82, 2.24) is 5.32 Å². The molecule has 1 saturated heterocycles. The second-order valence-corrected chi connectivity index (χ2v) is 4.51. The van der Waals surface area contributed by atoms with Gasteiger partial charge in [0, 0.05) is 26.3 Å². The van der Waals surface area contributed by atoms with E-state index in [0.29, 0.717) is 5.92 Å². The van der Waals surface area contributed by atoms with Crippen LogP contribution in [0.15, 0.2) is 18.2 Å². The van der Waals surface area contributed by atoms with Crippen LogP contribution >= 0.6 is 0 Å². The molecule has 1 heterocycles. The predicted octanol–water partition coefficient (Wildman–Crippen LogP) is 1.84. The van der Waals surface area contributed by atoms with Crippen molar-refractivity contribution in [2.45, 2.75) is 12.3 Å². The average molecular weight is 220 g/mol. The summed E-state index contributed by atoms with van der Waals surface area (Å²) in [5.41, 5.74) is 2.70. The van der Waals surface area contributed by atoms with Gasteiger partial charge in [-0.1, -0.05) is 0 Å². The van der Waals surface area contributed by atoms with Gasteiger partial charge in [-0.3, -0.25) is 0 Å². The van der Waals surface area contributed by atoms with Crippen LogP contribution in [-0.4, -0.2) is 34.3 Å². The molecule has 1 aliphatic heterocycles. The highest BCUT2D eigenvalue weighted by Crippen LogP contribution is 2.33. The zero-order valence-corrected chi connectivity index (χ0v) is 10.3. The first kappa shape index (κ1) is 11.3. The molecule has 1 fully saturated rings. The predicted molar refractivity (Wildman–Crippen MR) is 67.5 cm³/mol. The van der Waals surface area contributed by atoms with Crippen LogP contribution < -0.4 is 15.0 Å². The van der Waals surface area contributed by atoms with Gasteiger partial charge < -0.3 is 15.0 Å². The Kier molecular flexibility index (Phi) is 3.34. The molecule has 1 N–H and O–H groups in total. The summed E-state index contributed by atoms with van der Waals surface area (Å²) in [4.78, 5) is 2.17. The van der Waals surface area contributed by atoms with E-state index in [2.05, 4.69) is 36.4 Å². The van der Waals surface area contributed by atoms with Crippen LogP contribution in [0.2, 0.25) is 0 Å². The van der Waals surface area contributed by atoms with E-state index in [9.17, 15) is 0 Å². The summed E-state index contributed by atoms with van der Waals surface area (Å²) in [5.74, 6) is 1.57. The average Bonchev–Trinajstić information content (AvgIpc) is 2.81. The fourth-order valence-electron chi connectivity index (χ4n) is 2.31. The highest BCUT2D eigenvalue weighted by molar-refractivity contribution is 5.57. The highest BCUT2D eigenvalue weighted by Gasteiger charge is 2.20. The molecule has 0 aromatic heterocycles. The van der Waals surface area contributed by atoms with Crippen molar-refractivity contribution in [3.63, 3.8) is 0 Å². The molecular weight excluding hydrogens is 200 g/mol. The van der Waals surface area contributed by atoms with Gasteiger partial charge >= 0.3 is 0 Å². The first-order valence-corrected chi connectivity index (χ1v) is 5.78. The first-order chi connectivity index (χ1) is 7.72. The van der Waals surface area contributed by atoms with Gasteiger partial charge in [0.1, 0.15) is 5.75 Å². The molecule has 1 atom stereocenters. The summed E-state index contributed by atoms with van der Waals surface area (Å²) in [6.45, 7) is 2.20. The van der Waals surface area contributed by atoms with E-state index in [1.165, 1.54) is 17.7 Å². The maximum Gasteiger partial charge on any atom is 0.119 e. The summed E-state index contributed by atoms with van der Waals surface area (Å²) in [6.07, 6.45) is 1.22. The summed E-state index contributed by atoms with van der Waals surface area (Å²) in [7, 11) is 5.91. The monoisotopic (exact) mass is 220 g/mol. The number of methoxy groups -OCH3 is 1. The summed E-state index contributed by atoms with van der Waals surface area (Å²) in [5, 5.41) is 3.42. The van der Waals surface area contributed by atoms with Crippen molar-refractivity contribution in [3.05, 3.63) is 23.8 Å². The topological polar surface area (TPSA) is 24.5 Å². The minimum Gasteiger partial charge on any atom is -0.497 e. The number of hydrogen-bond donors (Lipinski definition) is 1. The number of ether oxygens (including phenoxy) is 1. The van der Waals surface area contributed by atoms with E-state index in [1.54, 1.807) is 7.11 Å². The maximum absolute atomic E-state index is 5.31. The number of hydrogen-bond acceptors (Lipinski definition) is 3. The maximum atomic E-state index is 5.31. The van der Waals surface area contributed by atoms with Gasteiger partial charge in [-0.25, -0.2) is 0 Å². The van der Waals surface area contributed by atoms with Crippen molar-refractivity contribution in [3.8, 4) is 5.75 Å². The van der Waals surface area contributed by atoms with E-state index in [1.807, 2.05) is 6.07 Å². The standard InChI is InChI=1S/C13H20N2O/c1-15(2)13-5-4-11(16-3)8-12(13)10-6-7-14-9-10/h4-5,8,10,14H,6-7,9H2,1-3H3. The van der Waals surface area contributed by atoms with E-state index in [0.717, 1.165) is 18.8 Å². The lowest BCUT2D eigenvalue weighted by Gasteiger charge is -2.21.